The molecule has 0 spiro atoms. The van der Waals surface area contributed by atoms with Crippen molar-refractivity contribution in [2.75, 3.05) is 0 Å². The maximum absolute atomic E-state index is 16.2. The van der Waals surface area contributed by atoms with Crippen molar-refractivity contribution in [2.24, 2.45) is 5.92 Å². The highest BCUT2D eigenvalue weighted by atomic mass is 32.2. The van der Waals surface area contributed by atoms with E-state index in [0.717, 1.165) is 29.2 Å². The van der Waals surface area contributed by atoms with E-state index in [4.69, 9.17) is 0 Å². The molecule has 6 nitrogen and oxygen atoms in total. The van der Waals surface area contributed by atoms with E-state index in [1.54, 1.807) is 0 Å². The van der Waals surface area contributed by atoms with Crippen molar-refractivity contribution in [3.05, 3.63) is 65.0 Å². The van der Waals surface area contributed by atoms with Crippen LogP contribution in [-0.4, -0.2) is 60.4 Å². The Morgan fingerprint density at radius 1 is 0.913 bits per heavy atom. The molecule has 3 atom stereocenters. The van der Waals surface area contributed by atoms with E-state index < -0.39 is 110 Å². The number of hydrogen-bond donors (Lipinski definition) is 1. The van der Waals surface area contributed by atoms with Crippen LogP contribution in [0.4, 0.5) is 39.5 Å². The van der Waals surface area contributed by atoms with Gasteiger partial charge in [-0.05, 0) is 87.3 Å². The minimum absolute atomic E-state index is 0.168. The Kier molecular flexibility index (Phi) is 8.05. The highest BCUT2D eigenvalue weighted by Crippen LogP contribution is 2.58. The first-order chi connectivity index (χ1) is 21.1. The monoisotopic (exact) mass is 685 g/mol. The van der Waals surface area contributed by atoms with Gasteiger partial charge in [0.1, 0.15) is 10.6 Å². The van der Waals surface area contributed by atoms with Gasteiger partial charge >= 0.3 is 24.0 Å². The quantitative estimate of drug-likeness (QED) is 0.280. The lowest BCUT2D eigenvalue weighted by Crippen LogP contribution is -2.57. The SMILES string of the molecule is C[C@H]1CC2(S(=O)(=O)c3ccc(F)cc3)c3ccc(C(F)(C(F)(F)F)C(F)(F)F)cc3CCC2N1C(=O)[C@]1(F)CC[C@@H](C(=O)O)CC1. The summed E-state index contributed by atoms with van der Waals surface area (Å²) in [5.41, 5.74) is -10.8. The summed E-state index contributed by atoms with van der Waals surface area (Å²) < 4.78 is 153. The lowest BCUT2D eigenvalue weighted by Gasteiger charge is -2.45. The zero-order valence-corrected chi connectivity index (χ0v) is 24.9. The van der Waals surface area contributed by atoms with Gasteiger partial charge in [0.25, 0.3) is 5.91 Å². The van der Waals surface area contributed by atoms with E-state index in [-0.39, 0.29) is 36.5 Å². The van der Waals surface area contributed by atoms with Gasteiger partial charge in [-0.1, -0.05) is 18.2 Å². The number of fused-ring (bicyclic) bond motifs is 3. The van der Waals surface area contributed by atoms with Gasteiger partial charge in [-0.15, -0.1) is 0 Å². The van der Waals surface area contributed by atoms with Gasteiger partial charge < -0.3 is 10.0 Å². The molecule has 46 heavy (non-hydrogen) atoms. The Hall–Kier alpha value is -3.30. The van der Waals surface area contributed by atoms with E-state index in [1.807, 2.05) is 0 Å². The minimum Gasteiger partial charge on any atom is -0.481 e. The lowest BCUT2D eigenvalue weighted by atomic mass is 9.76. The molecule has 2 aliphatic carbocycles. The molecule has 1 amide bonds. The molecule has 252 valence electrons. The molecule has 2 aromatic rings. The average molecular weight is 686 g/mol. The van der Waals surface area contributed by atoms with E-state index in [2.05, 4.69) is 0 Å². The minimum atomic E-state index is -6.42. The molecule has 1 N–H and O–H groups in total. The molecule has 3 aliphatic rings. The molecular formula is C30H28F9NO5S. The summed E-state index contributed by atoms with van der Waals surface area (Å²) in [7, 11) is -4.76. The van der Waals surface area contributed by atoms with Crippen LogP contribution in [-0.2, 0) is 36.3 Å². The molecular weight excluding hydrogens is 657 g/mol. The van der Waals surface area contributed by atoms with Gasteiger partial charge in [0.2, 0.25) is 0 Å². The van der Waals surface area contributed by atoms with Crippen LogP contribution in [0.25, 0.3) is 0 Å². The fourth-order valence-corrected chi connectivity index (χ4v) is 9.90. The number of benzene rings is 2. The second-order valence-corrected chi connectivity index (χ2v) is 14.5. The zero-order valence-electron chi connectivity index (χ0n) is 24.1. The fraction of sp³-hybridized carbons (Fsp3) is 0.533. The van der Waals surface area contributed by atoms with E-state index in [0.29, 0.717) is 12.1 Å². The number of rotatable bonds is 5. The molecule has 1 heterocycles. The van der Waals surface area contributed by atoms with Crippen molar-refractivity contribution in [1.29, 1.82) is 0 Å². The highest BCUT2D eigenvalue weighted by molar-refractivity contribution is 7.92. The van der Waals surface area contributed by atoms with Crippen LogP contribution >= 0.6 is 0 Å². The summed E-state index contributed by atoms with van der Waals surface area (Å²) >= 11 is 0. The maximum Gasteiger partial charge on any atom is 0.435 e. The summed E-state index contributed by atoms with van der Waals surface area (Å²) in [4.78, 5) is 25.8. The van der Waals surface area contributed by atoms with Crippen LogP contribution in [0.5, 0.6) is 0 Å². The average Bonchev–Trinajstić information content (AvgIpc) is 3.28. The molecule has 0 aromatic heterocycles. The Balaban J connectivity index is 1.68. The second kappa shape index (κ2) is 10.9. The number of aliphatic carboxylic acids is 1. The van der Waals surface area contributed by atoms with E-state index >= 15 is 8.78 Å². The number of alkyl halides is 8. The van der Waals surface area contributed by atoms with Crippen molar-refractivity contribution >= 4 is 21.7 Å². The smallest absolute Gasteiger partial charge is 0.435 e. The van der Waals surface area contributed by atoms with Crippen LogP contribution in [0, 0.1) is 11.7 Å². The van der Waals surface area contributed by atoms with Gasteiger partial charge in [-0.2, -0.15) is 26.3 Å². The van der Waals surface area contributed by atoms with Crippen LogP contribution in [0.1, 0.15) is 62.1 Å². The number of likely N-dealkylation sites (tertiary alicyclic amines) is 1. The number of aryl methyl sites for hydroxylation is 1. The van der Waals surface area contributed by atoms with Crippen LogP contribution in [0.2, 0.25) is 0 Å². The summed E-state index contributed by atoms with van der Waals surface area (Å²) in [5, 5.41) is 9.30. The normalized spacial score (nSPS) is 28.8. The Bertz CT molecular complexity index is 1640. The number of amides is 1. The predicted molar refractivity (Wildman–Crippen MR) is 143 cm³/mol. The molecule has 1 saturated carbocycles. The Labute approximate surface area is 257 Å². The van der Waals surface area contributed by atoms with Crippen LogP contribution in [0.3, 0.4) is 0 Å². The highest BCUT2D eigenvalue weighted by Gasteiger charge is 2.74. The van der Waals surface area contributed by atoms with Crippen LogP contribution in [0.15, 0.2) is 47.4 Å². The number of hydrogen-bond acceptors (Lipinski definition) is 4. The molecule has 2 aromatic carbocycles. The summed E-state index contributed by atoms with van der Waals surface area (Å²) in [6, 6.07) is 2.28. The Morgan fingerprint density at radius 3 is 2.00 bits per heavy atom. The third-order valence-corrected chi connectivity index (χ3v) is 12.2. The number of carbonyl (C=O) groups excluding carboxylic acids is 1. The first-order valence-electron chi connectivity index (χ1n) is 14.3. The molecule has 0 radical (unpaired) electrons. The maximum atomic E-state index is 16.2. The molecule has 2 unspecified atom stereocenters. The number of nitrogens with zero attached hydrogens (tertiary/aromatic N) is 1. The number of carbonyl (C=O) groups is 2. The van der Waals surface area contributed by atoms with Gasteiger partial charge in [0.15, 0.2) is 15.5 Å². The van der Waals surface area contributed by atoms with Gasteiger partial charge in [0, 0.05) is 11.6 Å². The van der Waals surface area contributed by atoms with Crippen molar-refractivity contribution in [3.8, 4) is 0 Å². The van der Waals surface area contributed by atoms with Crippen molar-refractivity contribution < 1.29 is 62.6 Å². The van der Waals surface area contributed by atoms with Crippen molar-refractivity contribution in [3.63, 3.8) is 0 Å². The first-order valence-corrected chi connectivity index (χ1v) is 15.8. The molecule has 1 saturated heterocycles. The summed E-state index contributed by atoms with van der Waals surface area (Å²) in [6.45, 7) is 1.42. The zero-order chi connectivity index (χ0) is 34.3. The third-order valence-electron chi connectivity index (χ3n) is 9.72. The van der Waals surface area contributed by atoms with Crippen molar-refractivity contribution in [2.45, 2.75) is 97.3 Å². The van der Waals surface area contributed by atoms with E-state index in [1.165, 1.54) is 6.92 Å². The summed E-state index contributed by atoms with van der Waals surface area (Å²) in [6.07, 6.45) is -15.3. The van der Waals surface area contributed by atoms with E-state index in [9.17, 15) is 53.8 Å². The van der Waals surface area contributed by atoms with Gasteiger partial charge in [-0.25, -0.2) is 21.6 Å². The molecule has 5 rings (SSSR count). The fourth-order valence-electron chi connectivity index (χ4n) is 7.44. The first kappa shape index (κ1) is 34.0. The third kappa shape index (κ3) is 4.88. The topological polar surface area (TPSA) is 91.8 Å². The summed E-state index contributed by atoms with van der Waals surface area (Å²) in [5.74, 6) is -3.97. The van der Waals surface area contributed by atoms with Gasteiger partial charge in [-0.3, -0.25) is 9.59 Å². The molecule has 1 aliphatic heterocycles. The molecule has 16 heteroatoms. The number of sulfone groups is 1. The molecule has 0 bridgehead atoms. The number of carboxylic acids is 1. The largest absolute Gasteiger partial charge is 0.481 e. The van der Waals surface area contributed by atoms with Gasteiger partial charge in [0.05, 0.1) is 16.9 Å². The standard InChI is InChI=1S/C30H28F9NO5S/c1-16-15-27(46(44,45)21-6-4-20(31)5-7-21)22-8-3-19(28(33,29(34,35)36)30(37,38)39)14-18(22)2-9-23(27)40(16)25(43)26(32)12-10-17(11-13-26)24(41)42/h3-8,14,16-17,23H,2,9-13,15H2,1H3,(H,41,42)/t16-,17-,23?,26+,27?/m0/s1. The molecule has 2 fully saturated rings. The van der Waals surface area contributed by atoms with Crippen LogP contribution < -0.4 is 0 Å². The second-order valence-electron chi connectivity index (χ2n) is 12.3. The number of carboxylic acid groups (broad SMARTS) is 1. The van der Waals surface area contributed by atoms with Crippen molar-refractivity contribution in [1.82, 2.24) is 4.90 Å². The number of halogens is 9. The Morgan fingerprint density at radius 2 is 1.48 bits per heavy atom. The lowest BCUT2D eigenvalue weighted by molar-refractivity contribution is -0.348. The predicted octanol–water partition coefficient (Wildman–Crippen LogP) is 6.70.